The number of rotatable bonds is 6. The Morgan fingerprint density at radius 2 is 2.11 bits per heavy atom. The van der Waals surface area contributed by atoms with Gasteiger partial charge in [0.1, 0.15) is 11.2 Å². The van der Waals surface area contributed by atoms with Gasteiger partial charge in [-0.15, -0.1) is 0 Å². The highest BCUT2D eigenvalue weighted by Gasteiger charge is 2.43. The Hall–Kier alpha value is -1.95. The van der Waals surface area contributed by atoms with Gasteiger partial charge in [-0.3, -0.25) is 9.79 Å². The fourth-order valence-corrected chi connectivity index (χ4v) is 3.82. The van der Waals surface area contributed by atoms with Crippen LogP contribution in [0.5, 0.6) is 0 Å². The average Bonchev–Trinajstić information content (AvgIpc) is 3.12. The van der Waals surface area contributed by atoms with Gasteiger partial charge in [0.05, 0.1) is 18.8 Å². The Balaban J connectivity index is 1.97. The Labute approximate surface area is 168 Å². The van der Waals surface area contributed by atoms with Crippen LogP contribution in [0.2, 0.25) is 0 Å². The van der Waals surface area contributed by atoms with E-state index in [4.69, 9.17) is 14.5 Å². The van der Waals surface area contributed by atoms with Crippen LogP contribution in [0.25, 0.3) is 0 Å². The third kappa shape index (κ3) is 4.37. The lowest BCUT2D eigenvalue weighted by molar-refractivity contribution is -0.148. The maximum atomic E-state index is 13.0. The zero-order valence-corrected chi connectivity index (χ0v) is 17.6. The molecule has 3 heterocycles. The van der Waals surface area contributed by atoms with Crippen molar-refractivity contribution in [1.82, 2.24) is 9.55 Å². The molecule has 0 radical (unpaired) electrons. The van der Waals surface area contributed by atoms with Crippen LogP contribution in [0, 0.1) is 5.92 Å². The molecular formula is C22H33N3O3. The van der Waals surface area contributed by atoms with Crippen molar-refractivity contribution in [2.75, 3.05) is 26.4 Å². The molecule has 0 N–H and O–H groups in total. The number of aliphatic imine (C=N–C) groups is 1. The van der Waals surface area contributed by atoms with E-state index in [9.17, 15) is 4.79 Å². The number of imidazole rings is 1. The van der Waals surface area contributed by atoms with Crippen LogP contribution in [-0.2, 0) is 31.6 Å². The second-order valence-corrected chi connectivity index (χ2v) is 8.86. The SMILES string of the molecule is CCCOC(=O)C1(c2cn(CC3CCOCC3)c(C(C)(C)C)n2)C=CC=NC1. The van der Waals surface area contributed by atoms with Crippen molar-refractivity contribution < 1.29 is 14.3 Å². The number of allylic oxidation sites excluding steroid dienone is 1. The zero-order chi connectivity index (χ0) is 20.2. The van der Waals surface area contributed by atoms with Crippen LogP contribution < -0.4 is 0 Å². The van der Waals surface area contributed by atoms with Gasteiger partial charge in [0.25, 0.3) is 0 Å². The highest BCUT2D eigenvalue weighted by Crippen LogP contribution is 2.33. The van der Waals surface area contributed by atoms with E-state index < -0.39 is 5.41 Å². The van der Waals surface area contributed by atoms with Crippen molar-refractivity contribution in [3.63, 3.8) is 0 Å². The van der Waals surface area contributed by atoms with Crippen LogP contribution in [0.4, 0.5) is 0 Å². The summed E-state index contributed by atoms with van der Waals surface area (Å²) in [5, 5.41) is 0. The fraction of sp³-hybridized carbons (Fsp3) is 0.682. The van der Waals surface area contributed by atoms with Crippen molar-refractivity contribution >= 4 is 12.2 Å². The molecule has 0 spiro atoms. The van der Waals surface area contributed by atoms with E-state index in [2.05, 4.69) is 36.5 Å². The van der Waals surface area contributed by atoms with Gasteiger partial charge in [-0.05, 0) is 31.3 Å². The first-order chi connectivity index (χ1) is 13.4. The van der Waals surface area contributed by atoms with Crippen LogP contribution in [0.15, 0.2) is 23.3 Å². The monoisotopic (exact) mass is 387 g/mol. The summed E-state index contributed by atoms with van der Waals surface area (Å²) in [6, 6.07) is 0. The topological polar surface area (TPSA) is 65.7 Å². The summed E-state index contributed by atoms with van der Waals surface area (Å²) in [5.74, 6) is 1.30. The number of nitrogens with zero attached hydrogens (tertiary/aromatic N) is 3. The molecule has 154 valence electrons. The number of carbonyl (C=O) groups excluding carboxylic acids is 1. The van der Waals surface area contributed by atoms with Crippen LogP contribution in [0.3, 0.4) is 0 Å². The molecule has 2 aliphatic heterocycles. The first-order valence-electron chi connectivity index (χ1n) is 10.4. The minimum Gasteiger partial charge on any atom is -0.465 e. The molecule has 3 rings (SSSR count). The number of hydrogen-bond acceptors (Lipinski definition) is 5. The molecule has 1 atom stereocenters. The number of hydrogen-bond donors (Lipinski definition) is 0. The molecule has 0 aliphatic carbocycles. The third-order valence-corrected chi connectivity index (χ3v) is 5.41. The van der Waals surface area contributed by atoms with E-state index in [-0.39, 0.29) is 11.4 Å². The first-order valence-corrected chi connectivity index (χ1v) is 10.4. The Kier molecular flexibility index (Phi) is 6.38. The van der Waals surface area contributed by atoms with Gasteiger partial charge in [0, 0.05) is 37.6 Å². The minimum absolute atomic E-state index is 0.125. The van der Waals surface area contributed by atoms with E-state index >= 15 is 0 Å². The fourth-order valence-electron chi connectivity index (χ4n) is 3.82. The number of dihydropyridines is 1. The molecule has 0 saturated carbocycles. The lowest BCUT2D eigenvalue weighted by Crippen LogP contribution is -2.40. The van der Waals surface area contributed by atoms with Crippen LogP contribution >= 0.6 is 0 Å². The summed E-state index contributed by atoms with van der Waals surface area (Å²) in [4.78, 5) is 22.4. The number of esters is 1. The maximum Gasteiger partial charge on any atom is 0.324 e. The highest BCUT2D eigenvalue weighted by molar-refractivity contribution is 5.89. The average molecular weight is 388 g/mol. The molecule has 6 nitrogen and oxygen atoms in total. The second kappa shape index (κ2) is 8.60. The summed E-state index contributed by atoms with van der Waals surface area (Å²) >= 11 is 0. The van der Waals surface area contributed by atoms with Gasteiger partial charge >= 0.3 is 5.97 Å². The predicted molar refractivity (Wildman–Crippen MR) is 110 cm³/mol. The molecule has 6 heteroatoms. The zero-order valence-electron chi connectivity index (χ0n) is 17.6. The van der Waals surface area contributed by atoms with Gasteiger partial charge in [-0.2, -0.15) is 0 Å². The number of carbonyl (C=O) groups is 1. The van der Waals surface area contributed by atoms with E-state index in [1.807, 2.05) is 19.1 Å². The molecule has 1 aromatic heterocycles. The lowest BCUT2D eigenvalue weighted by atomic mass is 9.83. The van der Waals surface area contributed by atoms with Crippen molar-refractivity contribution in [2.45, 2.75) is 64.3 Å². The summed E-state index contributed by atoms with van der Waals surface area (Å²) in [5.41, 5.74) is -0.330. The van der Waals surface area contributed by atoms with Crippen molar-refractivity contribution in [2.24, 2.45) is 10.9 Å². The predicted octanol–water partition coefficient (Wildman–Crippen LogP) is 3.44. The summed E-state index contributed by atoms with van der Waals surface area (Å²) in [7, 11) is 0. The summed E-state index contributed by atoms with van der Waals surface area (Å²) in [6.45, 7) is 11.8. The summed E-state index contributed by atoms with van der Waals surface area (Å²) < 4.78 is 13.3. The van der Waals surface area contributed by atoms with E-state index in [1.54, 1.807) is 6.21 Å². The molecule has 1 saturated heterocycles. The molecule has 0 aromatic carbocycles. The van der Waals surface area contributed by atoms with Crippen LogP contribution in [0.1, 0.15) is 58.5 Å². The van der Waals surface area contributed by atoms with Crippen molar-refractivity contribution in [3.8, 4) is 0 Å². The van der Waals surface area contributed by atoms with E-state index in [0.29, 0.717) is 19.1 Å². The molecule has 0 bridgehead atoms. The van der Waals surface area contributed by atoms with Crippen LogP contribution in [-0.4, -0.2) is 48.1 Å². The first kappa shape index (κ1) is 20.8. The number of aromatic nitrogens is 2. The molecule has 1 aromatic rings. The highest BCUT2D eigenvalue weighted by atomic mass is 16.5. The molecule has 2 aliphatic rings. The largest absolute Gasteiger partial charge is 0.465 e. The summed E-state index contributed by atoms with van der Waals surface area (Å²) in [6.07, 6.45) is 10.4. The normalized spacial score (nSPS) is 23.1. The van der Waals surface area contributed by atoms with E-state index in [0.717, 1.165) is 50.5 Å². The van der Waals surface area contributed by atoms with Crippen molar-refractivity contribution in [1.29, 1.82) is 0 Å². The maximum absolute atomic E-state index is 13.0. The standard InChI is InChI=1S/C22H33N3O3/c1-5-11-28-20(26)22(9-6-10-23-16-22)18-15-25(19(24-18)21(2,3)4)14-17-7-12-27-13-8-17/h6,9-10,15,17H,5,7-8,11-14,16H2,1-4H3. The Bertz CT molecular complexity index is 739. The van der Waals surface area contributed by atoms with E-state index in [1.165, 1.54) is 0 Å². The number of ether oxygens (including phenoxy) is 2. The minimum atomic E-state index is -0.940. The Morgan fingerprint density at radius 3 is 2.71 bits per heavy atom. The van der Waals surface area contributed by atoms with Gasteiger partial charge in [-0.25, -0.2) is 4.98 Å². The molecule has 1 fully saturated rings. The lowest BCUT2D eigenvalue weighted by Gasteiger charge is -2.26. The second-order valence-electron chi connectivity index (χ2n) is 8.86. The quantitative estimate of drug-likeness (QED) is 0.702. The Morgan fingerprint density at radius 1 is 1.36 bits per heavy atom. The third-order valence-electron chi connectivity index (χ3n) is 5.41. The molecule has 0 amide bonds. The van der Waals surface area contributed by atoms with Gasteiger partial charge in [0.2, 0.25) is 0 Å². The smallest absolute Gasteiger partial charge is 0.324 e. The van der Waals surface area contributed by atoms with Gasteiger partial charge < -0.3 is 14.0 Å². The molecular weight excluding hydrogens is 354 g/mol. The van der Waals surface area contributed by atoms with Crippen molar-refractivity contribution in [3.05, 3.63) is 29.9 Å². The molecule has 1 unspecified atom stereocenters. The van der Waals surface area contributed by atoms with Gasteiger partial charge in [-0.1, -0.05) is 33.8 Å². The van der Waals surface area contributed by atoms with Gasteiger partial charge in [0.15, 0.2) is 0 Å². The molecule has 28 heavy (non-hydrogen) atoms.